The van der Waals surface area contributed by atoms with E-state index >= 15 is 0 Å². The Morgan fingerprint density at radius 1 is 1.38 bits per heavy atom. The van der Waals surface area contributed by atoms with E-state index in [2.05, 4.69) is 22.3 Å². The maximum Gasteiger partial charge on any atom is 0.228 e. The monoisotopic (exact) mass is 307 g/mol. The van der Waals surface area contributed by atoms with E-state index in [1.807, 2.05) is 37.7 Å². The molecule has 116 valence electrons. The Labute approximate surface area is 131 Å². The van der Waals surface area contributed by atoms with E-state index < -0.39 is 0 Å². The summed E-state index contributed by atoms with van der Waals surface area (Å²) in [7, 11) is 0. The minimum Gasteiger partial charge on any atom is -0.327 e. The second-order valence-corrected chi connectivity index (χ2v) is 6.95. The van der Waals surface area contributed by atoms with Gasteiger partial charge in [0.15, 0.2) is 0 Å². The van der Waals surface area contributed by atoms with Crippen molar-refractivity contribution in [2.75, 3.05) is 29.9 Å². The Bertz CT molecular complexity index is 472. The summed E-state index contributed by atoms with van der Waals surface area (Å²) in [4.78, 5) is 14.5. The van der Waals surface area contributed by atoms with Gasteiger partial charge in [-0.2, -0.15) is 11.8 Å². The molecule has 1 aliphatic rings. The molecule has 0 spiro atoms. The zero-order valence-electron chi connectivity index (χ0n) is 12.8. The highest BCUT2D eigenvalue weighted by Gasteiger charge is 2.17. The summed E-state index contributed by atoms with van der Waals surface area (Å²) in [5.41, 5.74) is 7.88. The molecular formula is C16H25N3OS. The summed E-state index contributed by atoms with van der Waals surface area (Å²) in [5.74, 6) is 2.22. The van der Waals surface area contributed by atoms with Gasteiger partial charge >= 0.3 is 0 Å². The van der Waals surface area contributed by atoms with Crippen LogP contribution in [0.5, 0.6) is 0 Å². The average Bonchev–Trinajstić information content (AvgIpc) is 2.47. The number of hydrogen-bond acceptors (Lipinski definition) is 4. The molecule has 1 aliphatic heterocycles. The van der Waals surface area contributed by atoms with Crippen LogP contribution in [0.15, 0.2) is 24.3 Å². The number of amides is 1. The molecule has 0 saturated carbocycles. The predicted octanol–water partition coefficient (Wildman–Crippen LogP) is 2.16. The van der Waals surface area contributed by atoms with Crippen molar-refractivity contribution >= 4 is 23.4 Å². The number of rotatable bonds is 5. The standard InChI is InChI=1S/C16H25N3OS/c1-12(13(2)17)16(20)18-15-5-3-4-14(10-15)11-19-6-8-21-9-7-19/h3-5,10,12-13H,6-9,11,17H2,1-2H3,(H,18,20). The Hall–Kier alpha value is -1.04. The summed E-state index contributed by atoms with van der Waals surface area (Å²) in [6.07, 6.45) is 0. The van der Waals surface area contributed by atoms with Crippen molar-refractivity contribution in [3.8, 4) is 0 Å². The zero-order valence-corrected chi connectivity index (χ0v) is 13.7. The molecule has 1 aromatic rings. The van der Waals surface area contributed by atoms with Gasteiger partial charge in [-0.3, -0.25) is 9.69 Å². The molecule has 1 fully saturated rings. The van der Waals surface area contributed by atoms with Crippen molar-refractivity contribution in [1.29, 1.82) is 0 Å². The Morgan fingerprint density at radius 2 is 2.10 bits per heavy atom. The second-order valence-electron chi connectivity index (χ2n) is 5.73. The third-order valence-corrected chi connectivity index (χ3v) is 4.85. The number of benzene rings is 1. The first kappa shape index (κ1) is 16.3. The van der Waals surface area contributed by atoms with Crippen molar-refractivity contribution in [3.05, 3.63) is 29.8 Å². The zero-order chi connectivity index (χ0) is 15.2. The molecule has 3 N–H and O–H groups in total. The van der Waals surface area contributed by atoms with E-state index in [9.17, 15) is 4.79 Å². The number of nitrogens with two attached hydrogens (primary N) is 1. The second kappa shape index (κ2) is 7.82. The lowest BCUT2D eigenvalue weighted by Crippen LogP contribution is -2.34. The van der Waals surface area contributed by atoms with Gasteiger partial charge in [-0.1, -0.05) is 19.1 Å². The fraction of sp³-hybridized carbons (Fsp3) is 0.562. The van der Waals surface area contributed by atoms with Gasteiger partial charge in [0.2, 0.25) is 5.91 Å². The van der Waals surface area contributed by atoms with Gasteiger partial charge in [-0.05, 0) is 24.6 Å². The first-order valence-electron chi connectivity index (χ1n) is 7.52. The van der Waals surface area contributed by atoms with E-state index in [0.29, 0.717) is 0 Å². The van der Waals surface area contributed by atoms with Crippen LogP contribution in [0.2, 0.25) is 0 Å². The number of thioether (sulfide) groups is 1. The molecule has 0 aliphatic carbocycles. The predicted molar refractivity (Wildman–Crippen MR) is 90.5 cm³/mol. The topological polar surface area (TPSA) is 58.4 Å². The lowest BCUT2D eigenvalue weighted by atomic mass is 10.0. The van der Waals surface area contributed by atoms with Crippen LogP contribution in [-0.4, -0.2) is 41.4 Å². The first-order valence-corrected chi connectivity index (χ1v) is 8.67. The minimum atomic E-state index is -0.187. The summed E-state index contributed by atoms with van der Waals surface area (Å²) in [5, 5.41) is 2.96. The van der Waals surface area contributed by atoms with Crippen LogP contribution >= 0.6 is 11.8 Å². The van der Waals surface area contributed by atoms with E-state index in [1.165, 1.54) is 17.1 Å². The highest BCUT2D eigenvalue weighted by atomic mass is 32.2. The third-order valence-electron chi connectivity index (χ3n) is 3.91. The van der Waals surface area contributed by atoms with E-state index in [1.54, 1.807) is 0 Å². The van der Waals surface area contributed by atoms with Gasteiger partial charge in [0.1, 0.15) is 0 Å². The molecule has 1 heterocycles. The molecule has 0 aromatic heterocycles. The van der Waals surface area contributed by atoms with E-state index in [-0.39, 0.29) is 17.9 Å². The highest BCUT2D eigenvalue weighted by Crippen LogP contribution is 2.17. The van der Waals surface area contributed by atoms with Crippen LogP contribution in [-0.2, 0) is 11.3 Å². The number of hydrogen-bond donors (Lipinski definition) is 2. The van der Waals surface area contributed by atoms with Gasteiger partial charge in [0.05, 0.1) is 5.92 Å². The molecule has 2 atom stereocenters. The number of nitrogens with one attached hydrogen (secondary N) is 1. The molecule has 4 nitrogen and oxygen atoms in total. The smallest absolute Gasteiger partial charge is 0.228 e. The van der Waals surface area contributed by atoms with Crippen molar-refractivity contribution < 1.29 is 4.79 Å². The molecule has 5 heteroatoms. The quantitative estimate of drug-likeness (QED) is 0.875. The molecule has 2 unspecified atom stereocenters. The van der Waals surface area contributed by atoms with Crippen LogP contribution in [0.1, 0.15) is 19.4 Å². The van der Waals surface area contributed by atoms with Crippen molar-refractivity contribution in [2.24, 2.45) is 11.7 Å². The number of carbonyl (C=O) groups excluding carboxylic acids is 1. The molecular weight excluding hydrogens is 282 g/mol. The number of nitrogens with zero attached hydrogens (tertiary/aromatic N) is 1. The van der Waals surface area contributed by atoms with Gasteiger partial charge in [-0.15, -0.1) is 0 Å². The molecule has 1 amide bonds. The minimum absolute atomic E-state index is 0.0171. The highest BCUT2D eigenvalue weighted by molar-refractivity contribution is 7.99. The van der Waals surface area contributed by atoms with Crippen LogP contribution in [0.4, 0.5) is 5.69 Å². The van der Waals surface area contributed by atoms with Crippen molar-refractivity contribution in [2.45, 2.75) is 26.4 Å². The summed E-state index contributed by atoms with van der Waals surface area (Å²) < 4.78 is 0. The molecule has 2 rings (SSSR count). The fourth-order valence-electron chi connectivity index (χ4n) is 2.26. The molecule has 0 bridgehead atoms. The Balaban J connectivity index is 1.95. The van der Waals surface area contributed by atoms with Gasteiger partial charge < -0.3 is 11.1 Å². The van der Waals surface area contributed by atoms with E-state index in [0.717, 1.165) is 25.3 Å². The first-order chi connectivity index (χ1) is 10.1. The molecule has 21 heavy (non-hydrogen) atoms. The normalized spacial score (nSPS) is 19.0. The van der Waals surface area contributed by atoms with Crippen LogP contribution in [0.3, 0.4) is 0 Å². The van der Waals surface area contributed by atoms with Crippen molar-refractivity contribution in [3.63, 3.8) is 0 Å². The molecule has 0 radical (unpaired) electrons. The lowest BCUT2D eigenvalue weighted by Gasteiger charge is -2.26. The van der Waals surface area contributed by atoms with Gasteiger partial charge in [0.25, 0.3) is 0 Å². The van der Waals surface area contributed by atoms with Crippen LogP contribution < -0.4 is 11.1 Å². The average molecular weight is 307 g/mol. The van der Waals surface area contributed by atoms with E-state index in [4.69, 9.17) is 5.73 Å². The fourth-order valence-corrected chi connectivity index (χ4v) is 3.24. The molecule has 1 saturated heterocycles. The maximum atomic E-state index is 12.1. The maximum absolute atomic E-state index is 12.1. The van der Waals surface area contributed by atoms with Crippen LogP contribution in [0, 0.1) is 5.92 Å². The Kier molecular flexibility index (Phi) is 6.08. The Morgan fingerprint density at radius 3 is 2.76 bits per heavy atom. The number of anilines is 1. The summed E-state index contributed by atoms with van der Waals surface area (Å²) >= 11 is 2.02. The summed E-state index contributed by atoms with van der Waals surface area (Å²) in [6.45, 7) is 6.95. The largest absolute Gasteiger partial charge is 0.327 e. The van der Waals surface area contributed by atoms with Gasteiger partial charge in [-0.25, -0.2) is 0 Å². The third kappa shape index (κ3) is 5.02. The summed E-state index contributed by atoms with van der Waals surface area (Å²) in [6, 6.07) is 7.97. The van der Waals surface area contributed by atoms with Crippen molar-refractivity contribution in [1.82, 2.24) is 4.90 Å². The molecule has 1 aromatic carbocycles. The van der Waals surface area contributed by atoms with Crippen LogP contribution in [0.25, 0.3) is 0 Å². The van der Waals surface area contributed by atoms with Gasteiger partial charge in [0, 0.05) is 42.9 Å². The SMILES string of the molecule is CC(N)C(C)C(=O)Nc1cccc(CN2CCSCC2)c1. The number of carbonyl (C=O) groups is 1. The lowest BCUT2D eigenvalue weighted by molar-refractivity contribution is -0.119.